The Balaban J connectivity index is 1.49. The summed E-state index contributed by atoms with van der Waals surface area (Å²) >= 11 is 0. The molecule has 2 bridgehead atoms. The molecule has 2 nitrogen and oxygen atoms in total. The third-order valence-electron chi connectivity index (χ3n) is 4.96. The third kappa shape index (κ3) is 2.56. The number of para-hydroxylation sites is 1. The smallest absolute Gasteiger partial charge is 0.0367 e. The number of piperazine rings is 1. The van der Waals surface area contributed by atoms with Gasteiger partial charge in [0.1, 0.15) is 0 Å². The Morgan fingerprint density at radius 2 is 1.33 bits per heavy atom. The van der Waals surface area contributed by atoms with E-state index in [1.54, 1.807) is 0 Å². The van der Waals surface area contributed by atoms with Crippen molar-refractivity contribution in [3.05, 3.63) is 66.2 Å². The molecule has 0 aliphatic carbocycles. The summed E-state index contributed by atoms with van der Waals surface area (Å²) in [6.45, 7) is 3.46. The predicted octanol–water partition coefficient (Wildman–Crippen LogP) is 3.54. The molecular weight excluding hydrogens is 256 g/mol. The zero-order valence-corrected chi connectivity index (χ0v) is 12.4. The molecule has 2 heteroatoms. The largest absolute Gasteiger partial charge is 0.368 e. The van der Waals surface area contributed by atoms with Crippen molar-refractivity contribution in [3.8, 4) is 0 Å². The molecule has 2 aliphatic rings. The van der Waals surface area contributed by atoms with Crippen LogP contribution >= 0.6 is 0 Å². The first-order chi connectivity index (χ1) is 10.4. The highest BCUT2D eigenvalue weighted by molar-refractivity contribution is 5.47. The van der Waals surface area contributed by atoms with Gasteiger partial charge in [0.2, 0.25) is 0 Å². The van der Waals surface area contributed by atoms with Gasteiger partial charge in [-0.05, 0) is 30.5 Å². The Morgan fingerprint density at radius 3 is 1.95 bits per heavy atom. The summed E-state index contributed by atoms with van der Waals surface area (Å²) in [4.78, 5) is 5.30. The number of anilines is 1. The molecule has 108 valence electrons. The quantitative estimate of drug-likeness (QED) is 0.847. The van der Waals surface area contributed by atoms with Crippen LogP contribution in [0.25, 0.3) is 0 Å². The van der Waals surface area contributed by atoms with Gasteiger partial charge in [-0.15, -0.1) is 0 Å². The molecule has 0 unspecified atom stereocenters. The summed E-state index contributed by atoms with van der Waals surface area (Å²) in [5, 5.41) is 0. The highest BCUT2D eigenvalue weighted by Crippen LogP contribution is 2.33. The zero-order valence-electron chi connectivity index (χ0n) is 12.4. The fourth-order valence-corrected chi connectivity index (χ4v) is 3.89. The van der Waals surface area contributed by atoms with Gasteiger partial charge in [-0.1, -0.05) is 48.5 Å². The number of hydrogen-bond donors (Lipinski definition) is 0. The van der Waals surface area contributed by atoms with Crippen molar-refractivity contribution in [1.82, 2.24) is 4.90 Å². The summed E-state index contributed by atoms with van der Waals surface area (Å²) in [5.74, 6) is 0. The van der Waals surface area contributed by atoms with Crippen LogP contribution < -0.4 is 4.90 Å². The van der Waals surface area contributed by atoms with E-state index in [2.05, 4.69) is 70.5 Å². The normalized spacial score (nSPS) is 25.2. The maximum atomic E-state index is 2.73. The Labute approximate surface area is 127 Å². The van der Waals surface area contributed by atoms with Gasteiger partial charge in [-0.3, -0.25) is 4.90 Å². The third-order valence-corrected chi connectivity index (χ3v) is 4.96. The van der Waals surface area contributed by atoms with Crippen molar-refractivity contribution >= 4 is 5.69 Å². The lowest BCUT2D eigenvalue weighted by atomic mass is 10.1. The van der Waals surface area contributed by atoms with Gasteiger partial charge in [-0.25, -0.2) is 0 Å². The molecule has 0 N–H and O–H groups in total. The molecule has 21 heavy (non-hydrogen) atoms. The molecule has 2 atom stereocenters. The first-order valence-electron chi connectivity index (χ1n) is 8.00. The van der Waals surface area contributed by atoms with Crippen molar-refractivity contribution in [2.45, 2.75) is 31.5 Å². The number of nitrogens with zero attached hydrogens (tertiary/aromatic N) is 2. The second-order valence-corrected chi connectivity index (χ2v) is 6.28. The van der Waals surface area contributed by atoms with E-state index in [4.69, 9.17) is 0 Å². The van der Waals surface area contributed by atoms with E-state index in [-0.39, 0.29) is 0 Å². The summed E-state index contributed by atoms with van der Waals surface area (Å²) in [5.41, 5.74) is 2.83. The summed E-state index contributed by atoms with van der Waals surface area (Å²) in [6, 6.07) is 23.2. The highest BCUT2D eigenvalue weighted by Gasteiger charge is 2.39. The van der Waals surface area contributed by atoms with Crippen LogP contribution in [0.4, 0.5) is 5.69 Å². The molecule has 2 aromatic carbocycles. The minimum absolute atomic E-state index is 0.712. The lowest BCUT2D eigenvalue weighted by Gasteiger charge is -2.42. The van der Waals surface area contributed by atoms with Crippen LogP contribution in [0.1, 0.15) is 18.4 Å². The summed E-state index contributed by atoms with van der Waals surface area (Å²) in [6.07, 6.45) is 2.70. The SMILES string of the molecule is c1ccc(CN2[C@@H]3CC[C@H]2CN(c2ccccc2)C3)cc1. The maximum absolute atomic E-state index is 2.73. The van der Waals surface area contributed by atoms with E-state index in [0.717, 1.165) is 6.54 Å². The van der Waals surface area contributed by atoms with Gasteiger partial charge in [-0.2, -0.15) is 0 Å². The molecule has 0 aromatic heterocycles. The molecule has 0 saturated carbocycles. The fourth-order valence-electron chi connectivity index (χ4n) is 3.89. The first kappa shape index (κ1) is 12.9. The van der Waals surface area contributed by atoms with Crippen molar-refractivity contribution in [2.24, 2.45) is 0 Å². The number of rotatable bonds is 3. The van der Waals surface area contributed by atoms with E-state index in [1.807, 2.05) is 0 Å². The average Bonchev–Trinajstić information content (AvgIpc) is 2.78. The minimum Gasteiger partial charge on any atom is -0.368 e. The van der Waals surface area contributed by atoms with Gasteiger partial charge in [0.15, 0.2) is 0 Å². The lowest BCUT2D eigenvalue weighted by molar-refractivity contribution is 0.160. The van der Waals surface area contributed by atoms with E-state index in [1.165, 1.54) is 37.2 Å². The highest BCUT2D eigenvalue weighted by atomic mass is 15.3. The molecule has 0 amide bonds. The Morgan fingerprint density at radius 1 is 0.762 bits per heavy atom. The van der Waals surface area contributed by atoms with Crippen molar-refractivity contribution in [3.63, 3.8) is 0 Å². The molecule has 2 aliphatic heterocycles. The molecular formula is C19H22N2. The van der Waals surface area contributed by atoms with Crippen LogP contribution in [0.3, 0.4) is 0 Å². The molecule has 2 saturated heterocycles. The molecule has 2 fully saturated rings. The zero-order chi connectivity index (χ0) is 14.1. The van der Waals surface area contributed by atoms with Gasteiger partial charge in [0.25, 0.3) is 0 Å². The molecule has 0 spiro atoms. The summed E-state index contributed by atoms with van der Waals surface area (Å²) < 4.78 is 0. The maximum Gasteiger partial charge on any atom is 0.0367 e. The van der Waals surface area contributed by atoms with Gasteiger partial charge in [0, 0.05) is 37.4 Å². The minimum atomic E-state index is 0.712. The number of benzene rings is 2. The second kappa shape index (κ2) is 5.53. The first-order valence-corrected chi connectivity index (χ1v) is 8.00. The van der Waals surface area contributed by atoms with E-state index in [0.29, 0.717) is 12.1 Å². The van der Waals surface area contributed by atoms with Gasteiger partial charge in [0.05, 0.1) is 0 Å². The van der Waals surface area contributed by atoms with Crippen LogP contribution in [0.15, 0.2) is 60.7 Å². The average molecular weight is 278 g/mol. The Bertz CT molecular complexity index is 567. The molecule has 2 aromatic rings. The predicted molar refractivity (Wildman–Crippen MR) is 87.5 cm³/mol. The van der Waals surface area contributed by atoms with Crippen molar-refractivity contribution in [1.29, 1.82) is 0 Å². The van der Waals surface area contributed by atoms with Gasteiger partial charge >= 0.3 is 0 Å². The summed E-state index contributed by atoms with van der Waals surface area (Å²) in [7, 11) is 0. The van der Waals surface area contributed by atoms with E-state index in [9.17, 15) is 0 Å². The molecule has 0 radical (unpaired) electrons. The van der Waals surface area contributed by atoms with E-state index >= 15 is 0 Å². The van der Waals surface area contributed by atoms with E-state index < -0.39 is 0 Å². The van der Waals surface area contributed by atoms with Crippen LogP contribution in [0.5, 0.6) is 0 Å². The fraction of sp³-hybridized carbons (Fsp3) is 0.368. The van der Waals surface area contributed by atoms with Gasteiger partial charge < -0.3 is 4.90 Å². The lowest BCUT2D eigenvalue weighted by Crippen LogP contribution is -2.53. The van der Waals surface area contributed by atoms with Crippen molar-refractivity contribution < 1.29 is 0 Å². The van der Waals surface area contributed by atoms with Crippen LogP contribution in [-0.4, -0.2) is 30.1 Å². The van der Waals surface area contributed by atoms with Crippen molar-refractivity contribution in [2.75, 3.05) is 18.0 Å². The Kier molecular flexibility index (Phi) is 3.40. The molecule has 2 heterocycles. The van der Waals surface area contributed by atoms with Crippen LogP contribution in [-0.2, 0) is 6.54 Å². The Hall–Kier alpha value is -1.80. The monoisotopic (exact) mass is 278 g/mol. The standard InChI is InChI=1S/C19H22N2/c1-3-7-16(8-4-1)13-21-18-11-12-19(21)15-20(14-18)17-9-5-2-6-10-17/h1-10,18-19H,11-15H2/t18-,19+. The molecule has 4 rings (SSSR count). The van der Waals surface area contributed by atoms with Crippen LogP contribution in [0, 0.1) is 0 Å². The second-order valence-electron chi connectivity index (χ2n) is 6.28. The number of hydrogen-bond acceptors (Lipinski definition) is 2. The topological polar surface area (TPSA) is 6.48 Å². The number of fused-ring (bicyclic) bond motifs is 2. The van der Waals surface area contributed by atoms with Crippen LogP contribution in [0.2, 0.25) is 0 Å².